The van der Waals surface area contributed by atoms with Crippen LogP contribution in [0.4, 0.5) is 25.0 Å². The van der Waals surface area contributed by atoms with Gasteiger partial charge in [-0.3, -0.25) is 9.59 Å². The number of carbonyl (C=O) groups is 3. The molecule has 1 fully saturated rings. The highest BCUT2D eigenvalue weighted by Gasteiger charge is 2.46. The number of nitrogens with one attached hydrogen (secondary N) is 1. The van der Waals surface area contributed by atoms with Crippen molar-refractivity contribution in [3.8, 4) is 0 Å². The fraction of sp³-hybridized carbons (Fsp3) is 0.160. The van der Waals surface area contributed by atoms with E-state index < -0.39 is 35.5 Å². The number of hydrogen-bond donors (Lipinski definition) is 1. The lowest BCUT2D eigenvalue weighted by Gasteiger charge is -2.21. The van der Waals surface area contributed by atoms with Crippen LogP contribution in [0, 0.1) is 18.6 Å². The van der Waals surface area contributed by atoms with Crippen molar-refractivity contribution >= 4 is 29.2 Å². The molecule has 0 bridgehead atoms. The molecule has 33 heavy (non-hydrogen) atoms. The maximum atomic E-state index is 13.7. The second-order valence-corrected chi connectivity index (χ2v) is 7.83. The summed E-state index contributed by atoms with van der Waals surface area (Å²) in [6.07, 6.45) is -0.306. The van der Waals surface area contributed by atoms with Crippen LogP contribution in [0.25, 0.3) is 0 Å². The number of anilines is 2. The molecule has 4 amide bonds. The van der Waals surface area contributed by atoms with Crippen LogP contribution in [0.3, 0.4) is 0 Å². The number of carbonyl (C=O) groups excluding carboxylic acids is 3. The largest absolute Gasteiger partial charge is 0.332 e. The van der Waals surface area contributed by atoms with Gasteiger partial charge in [-0.05, 0) is 66.6 Å². The number of halogens is 2. The predicted molar refractivity (Wildman–Crippen MR) is 119 cm³/mol. The fourth-order valence-corrected chi connectivity index (χ4v) is 3.77. The van der Waals surface area contributed by atoms with Crippen LogP contribution in [0.15, 0.2) is 72.8 Å². The molecule has 1 atom stereocenters. The summed E-state index contributed by atoms with van der Waals surface area (Å²) in [6, 6.07) is 16.2. The van der Waals surface area contributed by atoms with Crippen molar-refractivity contribution in [1.29, 1.82) is 0 Å². The van der Waals surface area contributed by atoms with Gasteiger partial charge in [-0.25, -0.2) is 18.5 Å². The van der Waals surface area contributed by atoms with Crippen molar-refractivity contribution in [1.82, 2.24) is 4.90 Å². The summed E-state index contributed by atoms with van der Waals surface area (Å²) >= 11 is 0. The molecule has 3 aromatic rings. The lowest BCUT2D eigenvalue weighted by molar-refractivity contribution is -0.124. The number of amides is 4. The number of hydrogen-bond acceptors (Lipinski definition) is 3. The van der Waals surface area contributed by atoms with Gasteiger partial charge in [0, 0.05) is 12.2 Å². The van der Waals surface area contributed by atoms with Gasteiger partial charge in [0.05, 0.1) is 12.1 Å². The summed E-state index contributed by atoms with van der Waals surface area (Å²) < 4.78 is 26.8. The molecule has 0 spiro atoms. The van der Waals surface area contributed by atoms with Crippen molar-refractivity contribution in [2.45, 2.75) is 25.9 Å². The first-order chi connectivity index (χ1) is 15.8. The lowest BCUT2D eigenvalue weighted by Crippen LogP contribution is -2.37. The first-order valence-electron chi connectivity index (χ1n) is 10.3. The normalized spacial score (nSPS) is 15.8. The van der Waals surface area contributed by atoms with Crippen LogP contribution in [0.1, 0.15) is 17.5 Å². The van der Waals surface area contributed by atoms with Gasteiger partial charge in [-0.1, -0.05) is 24.3 Å². The minimum absolute atomic E-state index is 0.0425. The smallest absolute Gasteiger partial charge is 0.326 e. The van der Waals surface area contributed by atoms with E-state index >= 15 is 0 Å². The van der Waals surface area contributed by atoms with Crippen LogP contribution in [0.5, 0.6) is 0 Å². The second-order valence-electron chi connectivity index (χ2n) is 7.83. The standard InChI is InChI=1S/C25H21F2N3O3/c1-16-4-2-7-21(12-16)30-24(32)22(14-23(31)28-20-10-8-18(26)9-11-20)29(25(30)33)15-17-5-3-6-19(27)13-17/h2-13,22H,14-15H2,1H3,(H,28,31)/t22-/m0/s1. The number of urea groups is 1. The third kappa shape index (κ3) is 4.90. The van der Waals surface area contributed by atoms with E-state index in [1.54, 1.807) is 24.3 Å². The summed E-state index contributed by atoms with van der Waals surface area (Å²) in [5, 5.41) is 2.61. The Kier molecular flexibility index (Phi) is 6.17. The van der Waals surface area contributed by atoms with Crippen LogP contribution >= 0.6 is 0 Å². The van der Waals surface area contributed by atoms with E-state index in [2.05, 4.69) is 5.32 Å². The summed E-state index contributed by atoms with van der Waals surface area (Å²) in [7, 11) is 0. The van der Waals surface area contributed by atoms with Gasteiger partial charge in [-0.15, -0.1) is 0 Å². The Morgan fingerprint density at radius 3 is 2.36 bits per heavy atom. The molecular formula is C25H21F2N3O3. The fourth-order valence-electron chi connectivity index (χ4n) is 3.77. The topological polar surface area (TPSA) is 69.7 Å². The number of aryl methyl sites for hydroxylation is 1. The molecule has 1 N–H and O–H groups in total. The Morgan fingerprint density at radius 1 is 0.939 bits per heavy atom. The molecule has 1 aliphatic heterocycles. The van der Waals surface area contributed by atoms with Gasteiger partial charge in [0.1, 0.15) is 17.7 Å². The summed E-state index contributed by atoms with van der Waals surface area (Å²) in [6.45, 7) is 1.80. The minimum Gasteiger partial charge on any atom is -0.326 e. The molecule has 1 aliphatic rings. The summed E-state index contributed by atoms with van der Waals surface area (Å²) in [5.74, 6) is -1.97. The zero-order chi connectivity index (χ0) is 23.5. The van der Waals surface area contributed by atoms with Crippen LogP contribution in [-0.4, -0.2) is 28.8 Å². The maximum Gasteiger partial charge on any atom is 0.332 e. The Morgan fingerprint density at radius 2 is 1.67 bits per heavy atom. The summed E-state index contributed by atoms with van der Waals surface area (Å²) in [5.41, 5.74) is 2.12. The Bertz CT molecular complexity index is 1210. The molecule has 3 aromatic carbocycles. The third-order valence-electron chi connectivity index (χ3n) is 5.33. The Balaban J connectivity index is 1.61. The molecule has 1 saturated heterocycles. The van der Waals surface area contributed by atoms with Gasteiger partial charge in [0.15, 0.2) is 0 Å². The second kappa shape index (κ2) is 9.20. The van der Waals surface area contributed by atoms with Gasteiger partial charge in [0.25, 0.3) is 5.91 Å². The van der Waals surface area contributed by atoms with Crippen molar-refractivity contribution in [2.24, 2.45) is 0 Å². The minimum atomic E-state index is -1.08. The average Bonchev–Trinajstić information content (AvgIpc) is 2.99. The molecule has 0 aliphatic carbocycles. The number of rotatable bonds is 6. The van der Waals surface area contributed by atoms with Gasteiger partial charge >= 0.3 is 6.03 Å². The molecular weight excluding hydrogens is 428 g/mol. The summed E-state index contributed by atoms with van der Waals surface area (Å²) in [4.78, 5) is 41.5. The van der Waals surface area contributed by atoms with E-state index in [4.69, 9.17) is 0 Å². The third-order valence-corrected chi connectivity index (χ3v) is 5.33. The van der Waals surface area contributed by atoms with E-state index in [9.17, 15) is 23.2 Å². The Labute approximate surface area is 189 Å². The molecule has 168 valence electrons. The van der Waals surface area contributed by atoms with E-state index in [0.717, 1.165) is 10.5 Å². The highest BCUT2D eigenvalue weighted by atomic mass is 19.1. The first-order valence-corrected chi connectivity index (χ1v) is 10.3. The van der Waals surface area contributed by atoms with E-state index in [-0.39, 0.29) is 13.0 Å². The monoisotopic (exact) mass is 449 g/mol. The number of imide groups is 1. The van der Waals surface area contributed by atoms with E-state index in [1.165, 1.54) is 47.4 Å². The van der Waals surface area contributed by atoms with Crippen molar-refractivity contribution in [3.63, 3.8) is 0 Å². The number of nitrogens with zero attached hydrogens (tertiary/aromatic N) is 2. The lowest BCUT2D eigenvalue weighted by atomic mass is 10.1. The van der Waals surface area contributed by atoms with Crippen LogP contribution in [-0.2, 0) is 16.1 Å². The average molecular weight is 449 g/mol. The molecule has 8 heteroatoms. The van der Waals surface area contributed by atoms with Crippen LogP contribution in [0.2, 0.25) is 0 Å². The van der Waals surface area contributed by atoms with Gasteiger partial charge in [0.2, 0.25) is 5.91 Å². The molecule has 6 nitrogen and oxygen atoms in total. The zero-order valence-electron chi connectivity index (χ0n) is 17.8. The number of benzene rings is 3. The molecule has 1 heterocycles. The van der Waals surface area contributed by atoms with Crippen molar-refractivity contribution in [2.75, 3.05) is 10.2 Å². The molecule has 0 saturated carbocycles. The Hall–Kier alpha value is -4.07. The SMILES string of the molecule is Cc1cccc(N2C(=O)[C@H](CC(=O)Nc3ccc(F)cc3)N(Cc3cccc(F)c3)C2=O)c1. The first kappa shape index (κ1) is 22.1. The molecule has 4 rings (SSSR count). The predicted octanol–water partition coefficient (Wildman–Crippen LogP) is 4.64. The van der Waals surface area contributed by atoms with Gasteiger partial charge in [-0.2, -0.15) is 0 Å². The van der Waals surface area contributed by atoms with Gasteiger partial charge < -0.3 is 10.2 Å². The van der Waals surface area contributed by atoms with E-state index in [0.29, 0.717) is 16.9 Å². The molecule has 0 radical (unpaired) electrons. The quantitative estimate of drug-likeness (QED) is 0.558. The van der Waals surface area contributed by atoms with Crippen molar-refractivity contribution in [3.05, 3.63) is 95.6 Å². The van der Waals surface area contributed by atoms with E-state index in [1.807, 2.05) is 13.0 Å². The van der Waals surface area contributed by atoms with Crippen LogP contribution < -0.4 is 10.2 Å². The highest BCUT2D eigenvalue weighted by Crippen LogP contribution is 2.29. The molecule has 0 unspecified atom stereocenters. The molecule has 0 aromatic heterocycles. The zero-order valence-corrected chi connectivity index (χ0v) is 17.8. The maximum absolute atomic E-state index is 13.7. The van der Waals surface area contributed by atoms with Crippen molar-refractivity contribution < 1.29 is 23.2 Å². The highest BCUT2D eigenvalue weighted by molar-refractivity contribution is 6.22.